The van der Waals surface area contributed by atoms with Crippen LogP contribution in [0.25, 0.3) is 10.2 Å². The van der Waals surface area contributed by atoms with Gasteiger partial charge in [0.15, 0.2) is 0 Å². The van der Waals surface area contributed by atoms with E-state index in [1.165, 1.54) is 20.0 Å². The van der Waals surface area contributed by atoms with Crippen molar-refractivity contribution < 1.29 is 19.4 Å². The van der Waals surface area contributed by atoms with Crippen molar-refractivity contribution >= 4 is 44.7 Å². The molecule has 2 heterocycles. The summed E-state index contributed by atoms with van der Waals surface area (Å²) in [6.07, 6.45) is 2.12. The molecule has 0 radical (unpaired) electrons. The van der Waals surface area contributed by atoms with Crippen molar-refractivity contribution in [3.8, 4) is 0 Å². The number of pyridine rings is 1. The van der Waals surface area contributed by atoms with Crippen molar-refractivity contribution in [2.45, 2.75) is 51.0 Å². The number of halogens is 1. The molecule has 1 saturated carbocycles. The van der Waals surface area contributed by atoms with Crippen LogP contribution in [0.4, 0.5) is 21.6 Å². The normalized spacial score (nSPS) is 19.2. The van der Waals surface area contributed by atoms with Crippen molar-refractivity contribution in [3.63, 3.8) is 0 Å². The smallest absolute Gasteiger partial charge is 0.255 e. The van der Waals surface area contributed by atoms with Crippen LogP contribution < -0.4 is 16.0 Å². The second-order valence-corrected chi connectivity index (χ2v) is 10.1. The summed E-state index contributed by atoms with van der Waals surface area (Å²) in [6, 6.07) is 7.54. The number of aromatic nitrogens is 2. The number of nitrogens with zero attached hydrogens (tertiary/aromatic N) is 2. The summed E-state index contributed by atoms with van der Waals surface area (Å²) in [5, 5.41) is 29.0. The van der Waals surface area contributed by atoms with E-state index in [0.717, 1.165) is 35.2 Å². The minimum Gasteiger partial charge on any atom is -0.393 e. The van der Waals surface area contributed by atoms with Crippen LogP contribution in [-0.2, 0) is 0 Å². The number of fused-ring (bicyclic) bond motifs is 1. The van der Waals surface area contributed by atoms with Crippen LogP contribution >= 0.6 is 11.3 Å². The second kappa shape index (κ2) is 10.2. The first kappa shape index (κ1) is 24.3. The lowest BCUT2D eigenvalue weighted by molar-refractivity contribution is -0.00177. The van der Waals surface area contributed by atoms with Crippen molar-refractivity contribution in [1.82, 2.24) is 15.3 Å². The number of alkyl halides is 1. The van der Waals surface area contributed by atoms with Gasteiger partial charge in [0.1, 0.15) is 12.0 Å². The van der Waals surface area contributed by atoms with E-state index in [0.29, 0.717) is 18.1 Å². The Bertz CT molecular complexity index is 1150. The van der Waals surface area contributed by atoms with Crippen LogP contribution in [0.3, 0.4) is 0 Å². The molecule has 0 saturated heterocycles. The molecule has 34 heavy (non-hydrogen) atoms. The fourth-order valence-corrected chi connectivity index (χ4v) is 4.67. The lowest BCUT2D eigenvalue weighted by Gasteiger charge is -2.23. The number of carbonyl (C=O) groups is 1. The molecule has 10 heteroatoms. The van der Waals surface area contributed by atoms with Crippen LogP contribution in [0.5, 0.6) is 0 Å². The van der Waals surface area contributed by atoms with Gasteiger partial charge in [-0.1, -0.05) is 6.42 Å². The molecule has 1 aliphatic carbocycles. The zero-order valence-electron chi connectivity index (χ0n) is 19.2. The average Bonchev–Trinajstić information content (AvgIpc) is 3.43. The number of rotatable bonds is 9. The van der Waals surface area contributed by atoms with E-state index in [2.05, 4.69) is 25.9 Å². The largest absolute Gasteiger partial charge is 0.393 e. The first-order valence-corrected chi connectivity index (χ1v) is 12.3. The fourth-order valence-electron chi connectivity index (χ4n) is 3.96. The first-order valence-electron chi connectivity index (χ1n) is 11.4. The highest BCUT2D eigenvalue weighted by Gasteiger charge is 2.28. The van der Waals surface area contributed by atoms with Gasteiger partial charge in [-0.3, -0.25) is 4.79 Å². The SMILES string of the molecule is CC(C)(O)C(F)CNC(=O)c1cnc(Nc2ccc3ncsc3c2)cc1NCC1CCCC1O. The molecule has 3 aromatic rings. The Hall–Kier alpha value is -2.82. The Balaban J connectivity index is 1.53. The van der Waals surface area contributed by atoms with Crippen LogP contribution in [-0.4, -0.2) is 57.1 Å². The number of aliphatic hydroxyl groups excluding tert-OH is 1. The third-order valence-corrected chi connectivity index (χ3v) is 6.93. The van der Waals surface area contributed by atoms with Gasteiger partial charge in [0.05, 0.1) is 45.2 Å². The van der Waals surface area contributed by atoms with Gasteiger partial charge < -0.3 is 26.2 Å². The zero-order valence-corrected chi connectivity index (χ0v) is 20.0. The Morgan fingerprint density at radius 3 is 2.85 bits per heavy atom. The monoisotopic (exact) mass is 487 g/mol. The Morgan fingerprint density at radius 2 is 2.12 bits per heavy atom. The lowest BCUT2D eigenvalue weighted by atomic mass is 10.0. The van der Waals surface area contributed by atoms with E-state index in [4.69, 9.17) is 0 Å². The number of amides is 1. The predicted octanol–water partition coefficient (Wildman–Crippen LogP) is 3.85. The Kier molecular flexibility index (Phi) is 7.30. The third kappa shape index (κ3) is 5.81. The number of hydrogen-bond donors (Lipinski definition) is 5. The van der Waals surface area contributed by atoms with E-state index in [1.54, 1.807) is 22.9 Å². The summed E-state index contributed by atoms with van der Waals surface area (Å²) in [5.41, 5.74) is 2.79. The molecular formula is C24H30FN5O3S. The van der Waals surface area contributed by atoms with Gasteiger partial charge in [0, 0.05) is 30.4 Å². The predicted molar refractivity (Wildman–Crippen MR) is 133 cm³/mol. The molecule has 0 bridgehead atoms. The minimum absolute atomic E-state index is 0.0969. The van der Waals surface area contributed by atoms with Crippen LogP contribution in [0.15, 0.2) is 36.0 Å². The zero-order chi connectivity index (χ0) is 24.3. The highest BCUT2D eigenvalue weighted by Crippen LogP contribution is 2.29. The standard InChI is InChI=1S/C24H30FN5O3S/c1-24(2,33)21(25)12-28-23(32)16-11-27-22(9-18(16)26-10-14-4-3-5-19(14)31)30-15-6-7-17-20(8-15)34-13-29-17/h6-9,11,13-14,19,21,31,33H,3-5,10,12H2,1-2H3,(H,28,32)(H2,26,27,30). The van der Waals surface area contributed by atoms with Gasteiger partial charge in [-0.05, 0) is 44.9 Å². The van der Waals surface area contributed by atoms with Gasteiger partial charge in [-0.2, -0.15) is 0 Å². The highest BCUT2D eigenvalue weighted by atomic mass is 32.1. The van der Waals surface area contributed by atoms with E-state index < -0.39 is 17.7 Å². The van der Waals surface area contributed by atoms with Crippen LogP contribution in [0.1, 0.15) is 43.5 Å². The summed E-state index contributed by atoms with van der Waals surface area (Å²) < 4.78 is 15.2. The molecule has 1 fully saturated rings. The number of nitrogens with one attached hydrogen (secondary N) is 3. The van der Waals surface area contributed by atoms with E-state index in [-0.39, 0.29) is 24.1 Å². The third-order valence-electron chi connectivity index (χ3n) is 6.13. The van der Waals surface area contributed by atoms with Crippen molar-refractivity contribution in [2.24, 2.45) is 5.92 Å². The van der Waals surface area contributed by atoms with E-state index in [1.807, 2.05) is 18.2 Å². The molecule has 182 valence electrons. The van der Waals surface area contributed by atoms with Crippen molar-refractivity contribution in [1.29, 1.82) is 0 Å². The molecule has 0 aliphatic heterocycles. The molecule has 8 nitrogen and oxygen atoms in total. The Morgan fingerprint density at radius 1 is 1.29 bits per heavy atom. The van der Waals surface area contributed by atoms with Gasteiger partial charge in [0.2, 0.25) is 0 Å². The molecular weight excluding hydrogens is 457 g/mol. The van der Waals surface area contributed by atoms with Gasteiger partial charge >= 0.3 is 0 Å². The number of anilines is 3. The molecule has 1 aromatic carbocycles. The number of aliphatic hydroxyl groups is 2. The highest BCUT2D eigenvalue weighted by molar-refractivity contribution is 7.16. The molecule has 5 N–H and O–H groups in total. The molecule has 3 atom stereocenters. The summed E-state index contributed by atoms with van der Waals surface area (Å²) >= 11 is 1.54. The molecule has 1 aliphatic rings. The van der Waals surface area contributed by atoms with E-state index >= 15 is 0 Å². The average molecular weight is 488 g/mol. The van der Waals surface area contributed by atoms with Crippen LogP contribution in [0, 0.1) is 5.92 Å². The number of carbonyl (C=O) groups excluding carboxylic acids is 1. The lowest BCUT2D eigenvalue weighted by Crippen LogP contribution is -2.42. The topological polar surface area (TPSA) is 119 Å². The van der Waals surface area contributed by atoms with Crippen LogP contribution in [0.2, 0.25) is 0 Å². The summed E-state index contributed by atoms with van der Waals surface area (Å²) in [7, 11) is 0. The minimum atomic E-state index is -1.61. The van der Waals surface area contributed by atoms with Crippen molar-refractivity contribution in [2.75, 3.05) is 23.7 Å². The van der Waals surface area contributed by atoms with Gasteiger partial charge in [0.25, 0.3) is 5.91 Å². The number of benzene rings is 1. The Labute approximate surface area is 201 Å². The fraction of sp³-hybridized carbons (Fsp3) is 0.458. The van der Waals surface area contributed by atoms with Crippen molar-refractivity contribution in [3.05, 3.63) is 41.5 Å². The maximum atomic E-state index is 14.1. The number of thiazole rings is 1. The summed E-state index contributed by atoms with van der Waals surface area (Å²) in [4.78, 5) is 21.5. The molecule has 1 amide bonds. The van der Waals surface area contributed by atoms with Gasteiger partial charge in [-0.15, -0.1) is 11.3 Å². The maximum absolute atomic E-state index is 14.1. The van der Waals surface area contributed by atoms with Gasteiger partial charge in [-0.25, -0.2) is 14.4 Å². The maximum Gasteiger partial charge on any atom is 0.255 e. The van der Waals surface area contributed by atoms with E-state index in [9.17, 15) is 19.4 Å². The quantitative estimate of drug-likeness (QED) is 0.311. The second-order valence-electron chi connectivity index (χ2n) is 9.25. The number of hydrogen-bond acceptors (Lipinski definition) is 8. The molecule has 4 rings (SSSR count). The molecule has 2 aromatic heterocycles. The molecule has 3 unspecified atom stereocenters. The summed E-state index contributed by atoms with van der Waals surface area (Å²) in [6.45, 7) is 2.90. The first-order chi connectivity index (χ1) is 16.2. The molecule has 0 spiro atoms. The summed E-state index contributed by atoms with van der Waals surface area (Å²) in [5.74, 6) is 0.140.